The topological polar surface area (TPSA) is 587 Å². The number of carboxylic acids is 2. The lowest BCUT2D eigenvalue weighted by molar-refractivity contribution is -0.142. The van der Waals surface area contributed by atoms with Crippen LogP contribution in [0.3, 0.4) is 0 Å². The SMILES string of the molecule is CC[C@H](C)[C@@H](NC(=O)[C@@H](NC(=O)[C@H](CCC(=O)O)NC(=O)[C@H](Cc1ccccc1)NC(=O)[C@@H](CCN)NC(=O)[C@H](C)NC(=O)[C@H](CO)NC(=O)[C@@H](Cc1c[nH]c2ccccc12)NC(=O)[C@@H](CO)NC(=O)CNC(=O)[C@@H](CCN)NC(=O)[C@H](NC(=O)[C@H](C)N)C(C)C)C(C)C)C(=O)N[C@@H](C)C(=O)O. The summed E-state index contributed by atoms with van der Waals surface area (Å²) in [5.74, 6) is -16.7. The molecule has 14 atom stereocenters. The standard InChI is InChI=1S/C66H101N17O19/c1-10-34(6)53(65(100)73-37(9)66(101)102)83-64(99)52(33(4)5)82-58(93)42(20-21-50(87)88)76-59(94)45(26-38-16-12-11-13-17-38)78-57(92)44(23-25-68)75-55(90)36(8)72-61(96)48(31-85)80-60(95)46(27-39-28-70-41-19-15-14-18-40(39)41)79-62(97)47(30-84)74-49(86)29-71-56(91)43(22-24-67)77-63(98)51(32(2)3)81-54(89)35(7)69/h11-19,28,32-37,42-48,51-53,70,84-85H,10,20-27,29-31,67-69H2,1-9H3,(H,71,91)(H,72,96)(H,73,100)(H,74,86)(H,75,90)(H,76,94)(H,77,98)(H,78,92)(H,79,97)(H,80,95)(H,81,89)(H,82,93)(H,83,99)(H,87,88)(H,101,102)/t34-,35-,36-,37-,42-,43+,44+,45-,46+,47+,48-,51+,52-,53+/m0/s1. The molecule has 1 heterocycles. The second-order valence-corrected chi connectivity index (χ2v) is 25.3. The smallest absolute Gasteiger partial charge is 0.325 e. The van der Waals surface area contributed by atoms with Crippen molar-refractivity contribution >= 4 is 99.6 Å². The number of carbonyl (C=O) groups is 15. The number of para-hydroxylation sites is 1. The monoisotopic (exact) mass is 1440 g/mol. The van der Waals surface area contributed by atoms with Crippen LogP contribution in [-0.4, -0.2) is 226 Å². The lowest BCUT2D eigenvalue weighted by Gasteiger charge is -2.30. The Labute approximate surface area is 589 Å². The number of aromatic nitrogens is 1. The number of H-pyrrole nitrogens is 1. The average Bonchev–Trinajstić information content (AvgIpc) is 1.63. The highest BCUT2D eigenvalue weighted by atomic mass is 16.4. The molecule has 3 rings (SSSR count). The molecule has 0 saturated heterocycles. The largest absolute Gasteiger partial charge is 0.481 e. The van der Waals surface area contributed by atoms with Crippen LogP contribution in [0.2, 0.25) is 0 Å². The number of fused-ring (bicyclic) bond motifs is 1. The Hall–Kier alpha value is -10.2. The van der Waals surface area contributed by atoms with Crippen LogP contribution < -0.4 is 86.3 Å². The minimum absolute atomic E-state index is 0.0930. The molecule has 0 aliphatic heterocycles. The van der Waals surface area contributed by atoms with E-state index in [1.165, 1.54) is 20.8 Å². The third-order valence-electron chi connectivity index (χ3n) is 16.4. The fourth-order valence-corrected chi connectivity index (χ4v) is 10.1. The number of aliphatic carboxylic acids is 2. The van der Waals surface area contributed by atoms with Gasteiger partial charge in [-0.3, -0.25) is 71.9 Å². The average molecular weight is 1440 g/mol. The lowest BCUT2D eigenvalue weighted by Crippen LogP contribution is -2.61. The van der Waals surface area contributed by atoms with Crippen molar-refractivity contribution in [3.8, 4) is 0 Å². The van der Waals surface area contributed by atoms with E-state index in [1.54, 1.807) is 102 Å². The number of aromatic amines is 1. The third kappa shape index (κ3) is 27.7. The van der Waals surface area contributed by atoms with E-state index in [1.807, 2.05) is 0 Å². The molecule has 36 heteroatoms. The summed E-state index contributed by atoms with van der Waals surface area (Å²) in [6.45, 7) is 10.4. The molecule has 0 unspecified atom stereocenters. The van der Waals surface area contributed by atoms with Crippen LogP contribution in [0.15, 0.2) is 60.8 Å². The number of nitrogens with two attached hydrogens (primary N) is 3. The number of aliphatic hydroxyl groups is 2. The van der Waals surface area contributed by atoms with Crippen molar-refractivity contribution in [1.82, 2.24) is 74.1 Å². The van der Waals surface area contributed by atoms with E-state index in [4.69, 9.17) is 17.2 Å². The van der Waals surface area contributed by atoms with E-state index < -0.39 is 218 Å². The predicted octanol–water partition coefficient (Wildman–Crippen LogP) is -5.74. The maximum absolute atomic E-state index is 14.4. The summed E-state index contributed by atoms with van der Waals surface area (Å²) >= 11 is 0. The van der Waals surface area contributed by atoms with Gasteiger partial charge in [0.2, 0.25) is 76.8 Å². The van der Waals surface area contributed by atoms with E-state index in [0.717, 1.165) is 0 Å². The molecule has 0 bridgehead atoms. The van der Waals surface area contributed by atoms with E-state index in [0.29, 0.717) is 28.5 Å². The first kappa shape index (κ1) is 86.1. The Morgan fingerprint density at radius 1 is 0.441 bits per heavy atom. The molecule has 102 heavy (non-hydrogen) atoms. The molecule has 24 N–H and O–H groups in total. The fraction of sp³-hybridized carbons (Fsp3) is 0.561. The van der Waals surface area contributed by atoms with Crippen LogP contribution in [0.1, 0.15) is 106 Å². The molecule has 0 aliphatic rings. The van der Waals surface area contributed by atoms with Gasteiger partial charge in [0.15, 0.2) is 0 Å². The maximum Gasteiger partial charge on any atom is 0.325 e. The zero-order valence-electron chi connectivity index (χ0n) is 58.6. The zero-order valence-corrected chi connectivity index (χ0v) is 58.6. The van der Waals surface area contributed by atoms with Crippen molar-refractivity contribution in [2.45, 2.75) is 186 Å². The van der Waals surface area contributed by atoms with Gasteiger partial charge in [-0.05, 0) is 88.1 Å². The first-order valence-electron chi connectivity index (χ1n) is 33.4. The maximum atomic E-state index is 14.4. The number of hydrogen-bond acceptors (Lipinski definition) is 20. The number of amides is 13. The van der Waals surface area contributed by atoms with Crippen LogP contribution in [0.5, 0.6) is 0 Å². The van der Waals surface area contributed by atoms with Crippen molar-refractivity contribution in [2.75, 3.05) is 32.8 Å². The van der Waals surface area contributed by atoms with Gasteiger partial charge >= 0.3 is 11.9 Å². The normalized spacial score (nSPS) is 15.3. The number of aliphatic hydroxyl groups excluding tert-OH is 2. The molecule has 13 amide bonds. The summed E-state index contributed by atoms with van der Waals surface area (Å²) in [6.07, 6.45) is -0.226. The molecular weight excluding hydrogens is 1330 g/mol. The predicted molar refractivity (Wildman–Crippen MR) is 368 cm³/mol. The number of benzene rings is 2. The van der Waals surface area contributed by atoms with Crippen molar-refractivity contribution in [1.29, 1.82) is 0 Å². The van der Waals surface area contributed by atoms with E-state index in [2.05, 4.69) is 74.1 Å². The van der Waals surface area contributed by atoms with Crippen LogP contribution >= 0.6 is 0 Å². The van der Waals surface area contributed by atoms with Crippen molar-refractivity contribution in [3.63, 3.8) is 0 Å². The molecule has 0 fully saturated rings. The van der Waals surface area contributed by atoms with Gasteiger partial charge in [0, 0.05) is 36.4 Å². The highest BCUT2D eigenvalue weighted by Gasteiger charge is 2.38. The minimum Gasteiger partial charge on any atom is -0.481 e. The molecule has 1 aromatic heterocycles. The Bertz CT molecular complexity index is 3390. The van der Waals surface area contributed by atoms with Gasteiger partial charge in [-0.2, -0.15) is 0 Å². The van der Waals surface area contributed by atoms with Crippen molar-refractivity contribution < 1.29 is 92.3 Å². The van der Waals surface area contributed by atoms with Crippen LogP contribution in [0.4, 0.5) is 0 Å². The van der Waals surface area contributed by atoms with Gasteiger partial charge < -0.3 is 112 Å². The van der Waals surface area contributed by atoms with Crippen molar-refractivity contribution in [2.24, 2.45) is 35.0 Å². The van der Waals surface area contributed by atoms with E-state index in [-0.39, 0.29) is 38.8 Å². The van der Waals surface area contributed by atoms with Crippen molar-refractivity contribution in [3.05, 3.63) is 71.9 Å². The van der Waals surface area contributed by atoms with Crippen LogP contribution in [0.25, 0.3) is 10.9 Å². The quantitative estimate of drug-likeness (QED) is 0.0251. The molecule has 2 aromatic carbocycles. The van der Waals surface area contributed by atoms with Gasteiger partial charge in [0.05, 0.1) is 25.8 Å². The summed E-state index contributed by atoms with van der Waals surface area (Å²) in [5.41, 5.74) is 18.8. The minimum atomic E-state index is -1.84. The second-order valence-electron chi connectivity index (χ2n) is 25.3. The molecule has 0 saturated carbocycles. The summed E-state index contributed by atoms with van der Waals surface area (Å²) < 4.78 is 0. The number of hydrogen-bond donors (Lipinski definition) is 21. The zero-order chi connectivity index (χ0) is 76.7. The molecule has 0 spiro atoms. The Kier molecular flexibility index (Phi) is 36.1. The number of rotatable bonds is 44. The van der Waals surface area contributed by atoms with E-state index in [9.17, 15) is 92.3 Å². The summed E-state index contributed by atoms with van der Waals surface area (Å²) in [4.78, 5) is 204. The highest BCUT2D eigenvalue weighted by Crippen LogP contribution is 2.20. The number of nitrogens with one attached hydrogen (secondary N) is 14. The Morgan fingerprint density at radius 2 is 0.863 bits per heavy atom. The third-order valence-corrected chi connectivity index (χ3v) is 16.4. The second kappa shape index (κ2) is 42.8. The Balaban J connectivity index is 1.83. The Morgan fingerprint density at radius 3 is 1.40 bits per heavy atom. The lowest BCUT2D eigenvalue weighted by atomic mass is 9.96. The van der Waals surface area contributed by atoms with Gasteiger partial charge in [0.25, 0.3) is 0 Å². The molecular formula is C66H101N17O19. The van der Waals surface area contributed by atoms with Crippen LogP contribution in [0, 0.1) is 17.8 Å². The number of carbonyl (C=O) groups excluding carboxylic acids is 13. The van der Waals surface area contributed by atoms with E-state index >= 15 is 0 Å². The number of carboxylic acid groups (broad SMARTS) is 2. The summed E-state index contributed by atoms with van der Waals surface area (Å²) in [7, 11) is 0. The van der Waals surface area contributed by atoms with Crippen LogP contribution in [-0.2, 0) is 84.8 Å². The molecule has 564 valence electrons. The molecule has 0 radical (unpaired) electrons. The molecule has 36 nitrogen and oxygen atoms in total. The van der Waals surface area contributed by atoms with Gasteiger partial charge in [-0.15, -0.1) is 0 Å². The summed E-state index contributed by atoms with van der Waals surface area (Å²) in [6, 6.07) is -3.81. The van der Waals surface area contributed by atoms with Gasteiger partial charge in [0.1, 0.15) is 72.5 Å². The first-order valence-corrected chi connectivity index (χ1v) is 33.4. The summed E-state index contributed by atoms with van der Waals surface area (Å²) in [5, 5.41) is 72.2. The molecule has 0 aliphatic carbocycles. The van der Waals surface area contributed by atoms with Gasteiger partial charge in [-0.25, -0.2) is 0 Å². The van der Waals surface area contributed by atoms with Gasteiger partial charge in [-0.1, -0.05) is 96.5 Å². The first-order chi connectivity index (χ1) is 48.1. The molecule has 3 aromatic rings. The fourth-order valence-electron chi connectivity index (χ4n) is 10.1. The highest BCUT2D eigenvalue weighted by molar-refractivity contribution is 6.00.